The lowest BCUT2D eigenvalue weighted by atomic mass is 10.2. The number of benzene rings is 1. The molecule has 6 heteroatoms. The van der Waals surface area contributed by atoms with Gasteiger partial charge in [0.2, 0.25) is 0 Å². The Morgan fingerprint density at radius 1 is 1.24 bits per heavy atom. The van der Waals surface area contributed by atoms with E-state index in [4.69, 9.17) is 14.2 Å². The summed E-state index contributed by atoms with van der Waals surface area (Å²) in [5.41, 5.74) is 0.294. The molecule has 0 atom stereocenters. The number of hydrogen-bond acceptors (Lipinski definition) is 6. The van der Waals surface area contributed by atoms with E-state index in [-0.39, 0.29) is 24.7 Å². The number of carbonyl (C=O) groups excluding carboxylic acids is 2. The molecule has 0 aromatic heterocycles. The third kappa shape index (κ3) is 5.56. The van der Waals surface area contributed by atoms with Crippen molar-refractivity contribution in [3.8, 4) is 11.5 Å². The van der Waals surface area contributed by atoms with Gasteiger partial charge in [0.05, 0.1) is 25.9 Å². The van der Waals surface area contributed by atoms with Crippen molar-refractivity contribution in [1.29, 1.82) is 0 Å². The minimum Gasteiger partial charge on any atom is -0.504 e. The zero-order valence-corrected chi connectivity index (χ0v) is 11.8. The Bertz CT molecular complexity index is 509. The van der Waals surface area contributed by atoms with Gasteiger partial charge < -0.3 is 19.3 Å². The average Bonchev–Trinajstić information content (AvgIpc) is 2.50. The summed E-state index contributed by atoms with van der Waals surface area (Å²) in [6.07, 6.45) is 2.26. The zero-order chi connectivity index (χ0) is 15.7. The van der Waals surface area contributed by atoms with Gasteiger partial charge in [-0.1, -0.05) is 6.58 Å². The van der Waals surface area contributed by atoms with Crippen molar-refractivity contribution >= 4 is 11.9 Å². The molecule has 0 unspecified atom stereocenters. The minimum atomic E-state index is -0.503. The molecule has 0 spiro atoms. The third-order valence-corrected chi connectivity index (χ3v) is 2.60. The first-order chi connectivity index (χ1) is 10.1. The smallest absolute Gasteiger partial charge is 0.338 e. The first-order valence-electron chi connectivity index (χ1n) is 6.41. The molecule has 0 aliphatic heterocycles. The number of ether oxygens (including phenoxy) is 3. The first kappa shape index (κ1) is 16.6. The number of phenols is 1. The maximum atomic E-state index is 11.8. The molecule has 0 aliphatic carbocycles. The number of methoxy groups -OCH3 is 1. The molecule has 1 aromatic rings. The fourth-order valence-electron chi connectivity index (χ4n) is 1.49. The highest BCUT2D eigenvalue weighted by Gasteiger charge is 2.10. The molecule has 6 nitrogen and oxygen atoms in total. The Balaban J connectivity index is 2.31. The highest BCUT2D eigenvalue weighted by Crippen LogP contribution is 2.26. The third-order valence-electron chi connectivity index (χ3n) is 2.60. The monoisotopic (exact) mass is 294 g/mol. The highest BCUT2D eigenvalue weighted by atomic mass is 16.5. The predicted octanol–water partition coefficient (Wildman–Crippen LogP) is 2.07. The number of phenolic OH excluding ortho intramolecular Hbond substituents is 1. The van der Waals surface area contributed by atoms with Crippen LogP contribution in [0.3, 0.4) is 0 Å². The average molecular weight is 294 g/mol. The quantitative estimate of drug-likeness (QED) is 0.449. The van der Waals surface area contributed by atoms with Gasteiger partial charge in [0.15, 0.2) is 11.5 Å². The molecule has 114 valence electrons. The number of hydrogen-bond donors (Lipinski definition) is 1. The molecule has 0 saturated heterocycles. The number of esters is 2. The van der Waals surface area contributed by atoms with Crippen LogP contribution in [0.1, 0.15) is 23.2 Å². The molecule has 0 heterocycles. The Morgan fingerprint density at radius 2 is 1.90 bits per heavy atom. The lowest BCUT2D eigenvalue weighted by molar-refractivity contribution is -0.137. The van der Waals surface area contributed by atoms with Gasteiger partial charge in [0.1, 0.15) is 0 Å². The molecule has 1 rings (SSSR count). The van der Waals surface area contributed by atoms with Gasteiger partial charge in [-0.05, 0) is 31.0 Å². The topological polar surface area (TPSA) is 82.1 Å². The van der Waals surface area contributed by atoms with Crippen molar-refractivity contribution in [3.05, 3.63) is 36.4 Å². The fraction of sp³-hybridized carbons (Fsp3) is 0.333. The summed E-state index contributed by atoms with van der Waals surface area (Å²) < 4.78 is 14.8. The second-order valence-corrected chi connectivity index (χ2v) is 4.10. The molecule has 21 heavy (non-hydrogen) atoms. The van der Waals surface area contributed by atoms with E-state index >= 15 is 0 Å². The van der Waals surface area contributed by atoms with E-state index in [1.165, 1.54) is 25.3 Å². The summed E-state index contributed by atoms with van der Waals surface area (Å²) in [6.45, 7) is 3.76. The first-order valence-corrected chi connectivity index (χ1v) is 6.41. The van der Waals surface area contributed by atoms with E-state index in [2.05, 4.69) is 6.58 Å². The van der Waals surface area contributed by atoms with Gasteiger partial charge in [-0.2, -0.15) is 0 Å². The zero-order valence-electron chi connectivity index (χ0n) is 11.8. The van der Waals surface area contributed by atoms with Gasteiger partial charge in [-0.25, -0.2) is 9.59 Å². The van der Waals surface area contributed by atoms with Crippen molar-refractivity contribution in [2.45, 2.75) is 12.8 Å². The second kappa shape index (κ2) is 8.63. The summed E-state index contributed by atoms with van der Waals surface area (Å²) in [6, 6.07) is 4.22. The Kier molecular flexibility index (Phi) is 6.80. The number of carbonyl (C=O) groups is 2. The van der Waals surface area contributed by atoms with Gasteiger partial charge in [0, 0.05) is 6.08 Å². The van der Waals surface area contributed by atoms with E-state index in [1.54, 1.807) is 0 Å². The maximum absolute atomic E-state index is 11.8. The van der Waals surface area contributed by atoms with E-state index in [9.17, 15) is 14.7 Å². The molecule has 0 amide bonds. The Labute approximate surface area is 122 Å². The van der Waals surface area contributed by atoms with Crippen LogP contribution in [-0.2, 0) is 14.3 Å². The van der Waals surface area contributed by atoms with Crippen molar-refractivity contribution in [1.82, 2.24) is 0 Å². The number of unbranched alkanes of at least 4 members (excludes halogenated alkanes) is 1. The SMILES string of the molecule is C=CC(=O)OCCCCOC(=O)c1ccc(O)c(OC)c1. The summed E-state index contributed by atoms with van der Waals surface area (Å²) in [4.78, 5) is 22.5. The van der Waals surface area contributed by atoms with E-state index < -0.39 is 11.9 Å². The molecule has 0 fully saturated rings. The number of rotatable bonds is 8. The van der Waals surface area contributed by atoms with Crippen LogP contribution in [-0.4, -0.2) is 37.4 Å². The molecular weight excluding hydrogens is 276 g/mol. The second-order valence-electron chi connectivity index (χ2n) is 4.10. The fourth-order valence-corrected chi connectivity index (χ4v) is 1.49. The minimum absolute atomic E-state index is 0.0434. The van der Waals surface area contributed by atoms with Crippen LogP contribution >= 0.6 is 0 Å². The Hall–Kier alpha value is -2.50. The van der Waals surface area contributed by atoms with Crippen LogP contribution < -0.4 is 4.74 Å². The van der Waals surface area contributed by atoms with Crippen LogP contribution in [0.25, 0.3) is 0 Å². The van der Waals surface area contributed by atoms with Crippen molar-refractivity contribution in [2.24, 2.45) is 0 Å². The largest absolute Gasteiger partial charge is 0.504 e. The summed E-state index contributed by atoms with van der Waals surface area (Å²) in [5, 5.41) is 9.43. The van der Waals surface area contributed by atoms with Crippen LogP contribution in [0.2, 0.25) is 0 Å². The van der Waals surface area contributed by atoms with E-state index in [0.29, 0.717) is 18.4 Å². The lowest BCUT2D eigenvalue weighted by Crippen LogP contribution is -2.08. The summed E-state index contributed by atoms with van der Waals surface area (Å²) >= 11 is 0. The van der Waals surface area contributed by atoms with Gasteiger partial charge in [-0.3, -0.25) is 0 Å². The standard InChI is InChI=1S/C15H18O6/c1-3-14(17)20-8-4-5-9-21-15(18)11-6-7-12(16)13(10-11)19-2/h3,6-7,10,16H,1,4-5,8-9H2,2H3. The molecule has 1 N–H and O–H groups in total. The molecule has 0 bridgehead atoms. The molecule has 0 radical (unpaired) electrons. The molecular formula is C15H18O6. The molecule has 0 aliphatic rings. The van der Waals surface area contributed by atoms with E-state index in [0.717, 1.165) is 6.08 Å². The molecule has 1 aromatic carbocycles. The summed E-state index contributed by atoms with van der Waals surface area (Å²) in [5.74, 6) is -0.807. The van der Waals surface area contributed by atoms with E-state index in [1.807, 2.05) is 0 Å². The normalized spacial score (nSPS) is 9.76. The van der Waals surface area contributed by atoms with Crippen molar-refractivity contribution in [3.63, 3.8) is 0 Å². The lowest BCUT2D eigenvalue weighted by Gasteiger charge is -2.07. The number of aromatic hydroxyl groups is 1. The van der Waals surface area contributed by atoms with Crippen LogP contribution in [0.5, 0.6) is 11.5 Å². The van der Waals surface area contributed by atoms with Crippen LogP contribution in [0.4, 0.5) is 0 Å². The highest BCUT2D eigenvalue weighted by molar-refractivity contribution is 5.90. The van der Waals surface area contributed by atoms with Gasteiger partial charge in [-0.15, -0.1) is 0 Å². The molecule has 0 saturated carbocycles. The Morgan fingerprint density at radius 3 is 2.52 bits per heavy atom. The van der Waals surface area contributed by atoms with Gasteiger partial charge in [0.25, 0.3) is 0 Å². The van der Waals surface area contributed by atoms with Crippen LogP contribution in [0.15, 0.2) is 30.9 Å². The van der Waals surface area contributed by atoms with Crippen molar-refractivity contribution in [2.75, 3.05) is 20.3 Å². The van der Waals surface area contributed by atoms with Gasteiger partial charge >= 0.3 is 11.9 Å². The van der Waals surface area contributed by atoms with Crippen molar-refractivity contribution < 1.29 is 28.9 Å². The maximum Gasteiger partial charge on any atom is 0.338 e. The predicted molar refractivity (Wildman–Crippen MR) is 75.3 cm³/mol. The summed E-state index contributed by atoms with van der Waals surface area (Å²) in [7, 11) is 1.40. The van der Waals surface area contributed by atoms with Crippen LogP contribution in [0, 0.1) is 0 Å².